The van der Waals surface area contributed by atoms with Crippen molar-refractivity contribution in [2.24, 2.45) is 0 Å². The third-order valence-corrected chi connectivity index (χ3v) is 2.51. The number of imidazole rings is 1. The molecule has 0 spiro atoms. The fourth-order valence-corrected chi connectivity index (χ4v) is 1.75. The van der Waals surface area contributed by atoms with Crippen molar-refractivity contribution in [1.82, 2.24) is 9.97 Å². The lowest BCUT2D eigenvalue weighted by Crippen LogP contribution is -2.07. The van der Waals surface area contributed by atoms with Gasteiger partial charge in [0, 0.05) is 26.4 Å². The van der Waals surface area contributed by atoms with E-state index in [4.69, 9.17) is 4.74 Å². The Morgan fingerprint density at radius 1 is 1.56 bits per heavy atom. The Hall–Kier alpha value is -1.16. The SMILES string of the molecule is CCCc1nc(C(C)=O)c(C(C)COC)[nH]1. The number of nitrogens with zero attached hydrogens (tertiary/aromatic N) is 1. The maximum absolute atomic E-state index is 11.5. The molecule has 1 unspecified atom stereocenters. The Labute approximate surface area is 96.4 Å². The predicted octanol–water partition coefficient (Wildman–Crippen LogP) is 2.31. The number of hydrogen-bond acceptors (Lipinski definition) is 3. The van der Waals surface area contributed by atoms with Gasteiger partial charge in [0.25, 0.3) is 0 Å². The van der Waals surface area contributed by atoms with E-state index in [2.05, 4.69) is 16.9 Å². The van der Waals surface area contributed by atoms with Crippen LogP contribution in [0.4, 0.5) is 0 Å². The molecule has 1 atom stereocenters. The summed E-state index contributed by atoms with van der Waals surface area (Å²) in [5, 5.41) is 0. The molecule has 0 bridgehead atoms. The Bertz CT molecular complexity index is 358. The van der Waals surface area contributed by atoms with Crippen LogP contribution in [0.3, 0.4) is 0 Å². The van der Waals surface area contributed by atoms with E-state index in [0.717, 1.165) is 24.4 Å². The number of nitrogens with one attached hydrogen (secondary N) is 1. The molecule has 0 aliphatic heterocycles. The third-order valence-electron chi connectivity index (χ3n) is 2.51. The molecule has 1 N–H and O–H groups in total. The van der Waals surface area contributed by atoms with Gasteiger partial charge in [0.1, 0.15) is 11.5 Å². The zero-order chi connectivity index (χ0) is 12.1. The van der Waals surface area contributed by atoms with Crippen LogP contribution in [-0.4, -0.2) is 29.5 Å². The average molecular weight is 224 g/mol. The third kappa shape index (κ3) is 2.92. The molecular weight excluding hydrogens is 204 g/mol. The largest absolute Gasteiger partial charge is 0.384 e. The highest BCUT2D eigenvalue weighted by Crippen LogP contribution is 2.19. The number of aromatic amines is 1. The van der Waals surface area contributed by atoms with E-state index in [1.165, 1.54) is 0 Å². The van der Waals surface area contributed by atoms with Crippen molar-refractivity contribution in [2.75, 3.05) is 13.7 Å². The van der Waals surface area contributed by atoms with Gasteiger partial charge < -0.3 is 9.72 Å². The van der Waals surface area contributed by atoms with Gasteiger partial charge in [0.15, 0.2) is 5.78 Å². The standard InChI is InChI=1S/C12H20N2O2/c1-5-6-10-13-11(8(2)7-16-4)12(14-10)9(3)15/h8H,5-7H2,1-4H3,(H,13,14). The van der Waals surface area contributed by atoms with Crippen molar-refractivity contribution >= 4 is 5.78 Å². The molecule has 1 rings (SSSR count). The molecule has 0 amide bonds. The molecule has 0 radical (unpaired) electrons. The number of ether oxygens (including phenoxy) is 1. The quantitative estimate of drug-likeness (QED) is 0.754. The number of ketones is 1. The first kappa shape index (κ1) is 12.9. The number of rotatable bonds is 6. The highest BCUT2D eigenvalue weighted by atomic mass is 16.5. The molecule has 0 fully saturated rings. The summed E-state index contributed by atoms with van der Waals surface area (Å²) in [5.74, 6) is 1.07. The van der Waals surface area contributed by atoms with Crippen molar-refractivity contribution in [1.29, 1.82) is 0 Å². The van der Waals surface area contributed by atoms with Crippen LogP contribution in [0.15, 0.2) is 0 Å². The zero-order valence-electron chi connectivity index (χ0n) is 10.5. The topological polar surface area (TPSA) is 55.0 Å². The van der Waals surface area contributed by atoms with Gasteiger partial charge in [-0.3, -0.25) is 4.79 Å². The summed E-state index contributed by atoms with van der Waals surface area (Å²) >= 11 is 0. The maximum Gasteiger partial charge on any atom is 0.179 e. The van der Waals surface area contributed by atoms with Crippen LogP contribution in [0.25, 0.3) is 0 Å². The monoisotopic (exact) mass is 224 g/mol. The Kier molecular flexibility index (Phi) is 4.68. The number of carbonyl (C=O) groups is 1. The van der Waals surface area contributed by atoms with Crippen LogP contribution >= 0.6 is 0 Å². The van der Waals surface area contributed by atoms with Gasteiger partial charge in [-0.25, -0.2) is 4.98 Å². The van der Waals surface area contributed by atoms with Gasteiger partial charge in [-0.1, -0.05) is 13.8 Å². The highest BCUT2D eigenvalue weighted by Gasteiger charge is 2.18. The number of Topliss-reactive ketones (excluding diaryl/α,β-unsaturated/α-hetero) is 1. The van der Waals surface area contributed by atoms with Gasteiger partial charge in [-0.2, -0.15) is 0 Å². The summed E-state index contributed by atoms with van der Waals surface area (Å²) in [6.07, 6.45) is 1.89. The molecule has 1 aromatic heterocycles. The zero-order valence-corrected chi connectivity index (χ0v) is 10.5. The highest BCUT2D eigenvalue weighted by molar-refractivity contribution is 5.93. The van der Waals surface area contributed by atoms with E-state index >= 15 is 0 Å². The first-order valence-electron chi connectivity index (χ1n) is 5.68. The molecule has 1 heterocycles. The summed E-state index contributed by atoms with van der Waals surface area (Å²) in [4.78, 5) is 19.0. The summed E-state index contributed by atoms with van der Waals surface area (Å²) in [6, 6.07) is 0. The number of carbonyl (C=O) groups excluding carboxylic acids is 1. The van der Waals surface area contributed by atoms with Crippen LogP contribution in [-0.2, 0) is 11.2 Å². The first-order chi connectivity index (χ1) is 7.60. The van der Waals surface area contributed by atoms with Gasteiger partial charge >= 0.3 is 0 Å². The molecule has 4 nitrogen and oxygen atoms in total. The second-order valence-electron chi connectivity index (χ2n) is 4.11. The van der Waals surface area contributed by atoms with Crippen molar-refractivity contribution in [2.45, 2.75) is 39.5 Å². The van der Waals surface area contributed by atoms with Crippen LogP contribution in [0.5, 0.6) is 0 Å². The molecule has 4 heteroatoms. The minimum absolute atomic E-state index is 0.0107. The Balaban J connectivity index is 2.99. The second-order valence-corrected chi connectivity index (χ2v) is 4.11. The second kappa shape index (κ2) is 5.80. The normalized spacial score (nSPS) is 12.8. The Morgan fingerprint density at radius 3 is 2.75 bits per heavy atom. The molecular formula is C12H20N2O2. The van der Waals surface area contributed by atoms with Gasteiger partial charge in [-0.15, -0.1) is 0 Å². The molecule has 0 aromatic carbocycles. The van der Waals surface area contributed by atoms with E-state index in [9.17, 15) is 4.79 Å². The summed E-state index contributed by atoms with van der Waals surface area (Å²) < 4.78 is 5.10. The van der Waals surface area contributed by atoms with Crippen LogP contribution < -0.4 is 0 Å². The van der Waals surface area contributed by atoms with Crippen LogP contribution in [0.2, 0.25) is 0 Å². The van der Waals surface area contributed by atoms with E-state index in [-0.39, 0.29) is 11.7 Å². The molecule has 1 aromatic rings. The average Bonchev–Trinajstić information content (AvgIpc) is 2.63. The minimum atomic E-state index is 0.0107. The van der Waals surface area contributed by atoms with Crippen LogP contribution in [0, 0.1) is 0 Å². The molecule has 0 saturated carbocycles. The number of aryl methyl sites for hydroxylation is 1. The van der Waals surface area contributed by atoms with Crippen molar-refractivity contribution in [3.63, 3.8) is 0 Å². The summed E-state index contributed by atoms with van der Waals surface area (Å²) in [7, 11) is 1.66. The van der Waals surface area contributed by atoms with Crippen molar-refractivity contribution < 1.29 is 9.53 Å². The van der Waals surface area contributed by atoms with E-state index in [1.807, 2.05) is 6.92 Å². The minimum Gasteiger partial charge on any atom is -0.384 e. The molecule has 0 aliphatic rings. The van der Waals surface area contributed by atoms with Crippen molar-refractivity contribution in [3.05, 3.63) is 17.2 Å². The predicted molar refractivity (Wildman–Crippen MR) is 62.9 cm³/mol. The summed E-state index contributed by atoms with van der Waals surface area (Å²) in [5.41, 5.74) is 1.46. The smallest absolute Gasteiger partial charge is 0.179 e. The lowest BCUT2D eigenvalue weighted by atomic mass is 10.1. The van der Waals surface area contributed by atoms with E-state index < -0.39 is 0 Å². The molecule has 0 aliphatic carbocycles. The molecule has 0 saturated heterocycles. The van der Waals surface area contributed by atoms with Gasteiger partial charge in [0.05, 0.1) is 12.3 Å². The lowest BCUT2D eigenvalue weighted by Gasteiger charge is -2.08. The van der Waals surface area contributed by atoms with Crippen molar-refractivity contribution in [3.8, 4) is 0 Å². The fraction of sp³-hybridized carbons (Fsp3) is 0.667. The first-order valence-corrected chi connectivity index (χ1v) is 5.68. The molecule has 16 heavy (non-hydrogen) atoms. The molecule has 90 valence electrons. The lowest BCUT2D eigenvalue weighted by molar-refractivity contribution is 0.101. The van der Waals surface area contributed by atoms with Gasteiger partial charge in [0.2, 0.25) is 0 Å². The number of hydrogen-bond donors (Lipinski definition) is 1. The van der Waals surface area contributed by atoms with E-state index in [1.54, 1.807) is 14.0 Å². The van der Waals surface area contributed by atoms with E-state index in [0.29, 0.717) is 12.3 Å². The van der Waals surface area contributed by atoms with Gasteiger partial charge in [-0.05, 0) is 6.42 Å². The maximum atomic E-state index is 11.5. The number of methoxy groups -OCH3 is 1. The van der Waals surface area contributed by atoms with Crippen LogP contribution in [0.1, 0.15) is 55.1 Å². The Morgan fingerprint density at radius 2 is 2.25 bits per heavy atom. The summed E-state index contributed by atoms with van der Waals surface area (Å²) in [6.45, 7) is 6.26. The number of H-pyrrole nitrogens is 1. The fourth-order valence-electron chi connectivity index (χ4n) is 1.75. The number of aromatic nitrogens is 2.